The van der Waals surface area contributed by atoms with Gasteiger partial charge >= 0.3 is 12.1 Å². The Morgan fingerprint density at radius 2 is 1.80 bits per heavy atom. The molecule has 1 aliphatic rings. The zero-order valence-electron chi connectivity index (χ0n) is 25.3. The number of amides is 1. The summed E-state index contributed by atoms with van der Waals surface area (Å²) >= 11 is 12.1. The van der Waals surface area contributed by atoms with E-state index in [9.17, 15) is 22.8 Å². The second-order valence-electron chi connectivity index (χ2n) is 10.9. The van der Waals surface area contributed by atoms with Gasteiger partial charge in [0.1, 0.15) is 0 Å². The molecule has 0 fully saturated rings. The normalized spacial score (nSPS) is 16.3. The van der Waals surface area contributed by atoms with E-state index in [0.29, 0.717) is 30.6 Å². The number of carboxylic acids is 1. The van der Waals surface area contributed by atoms with Crippen LogP contribution in [-0.4, -0.2) is 52.7 Å². The van der Waals surface area contributed by atoms with Crippen molar-refractivity contribution in [3.8, 4) is 28.2 Å². The Bertz CT molecular complexity index is 2090. The van der Waals surface area contributed by atoms with Crippen molar-refractivity contribution in [1.82, 2.24) is 29.5 Å². The lowest BCUT2D eigenvalue weighted by molar-refractivity contribution is -0.192. The van der Waals surface area contributed by atoms with Crippen LogP contribution in [0.5, 0.6) is 0 Å². The molecule has 0 unspecified atom stereocenters. The van der Waals surface area contributed by atoms with Crippen LogP contribution in [-0.2, 0) is 9.59 Å². The molecule has 3 aromatic heterocycles. The average molecular weight is 718 g/mol. The standard InChI is InChI=1S/C30H24Cl2FN7O2.C2HF3O2/c1-17-5-2-9-23(18-6-3-7-19(13-18)29-21(36-30(17)42)8-4-12-34-29)39-16-35-22(14-26(39)41)27-24(11-10-20(31)28(27)33)40-15-25(32)37-38-40;3-2(4,5)1(6)7/h3-4,6-8,10-17,23H,2,5,9H2,1H3,(H,36,42);(H,6,7)/t17-,23+;/m1./s1. The summed E-state index contributed by atoms with van der Waals surface area (Å²) in [5.41, 5.74) is 2.92. The summed E-state index contributed by atoms with van der Waals surface area (Å²) in [6, 6.07) is 15.2. The molecular formula is C32H25Cl2F4N7O4. The molecule has 11 nitrogen and oxygen atoms in total. The molecule has 0 radical (unpaired) electrons. The minimum atomic E-state index is -5.08. The average Bonchev–Trinajstić information content (AvgIpc) is 3.50. The van der Waals surface area contributed by atoms with Gasteiger partial charge in [0.2, 0.25) is 5.91 Å². The number of carboxylic acid groups (broad SMARTS) is 1. The van der Waals surface area contributed by atoms with Gasteiger partial charge in [-0.15, -0.1) is 5.10 Å². The first kappa shape index (κ1) is 35.2. The summed E-state index contributed by atoms with van der Waals surface area (Å²) in [6.45, 7) is 1.88. The maximum atomic E-state index is 15.4. The van der Waals surface area contributed by atoms with Crippen molar-refractivity contribution in [2.24, 2.45) is 5.92 Å². The number of fused-ring (bicyclic) bond motifs is 4. The van der Waals surface area contributed by atoms with Crippen LogP contribution in [0.3, 0.4) is 0 Å². The minimum absolute atomic E-state index is 0.00322. The molecule has 1 amide bonds. The Morgan fingerprint density at radius 1 is 1.04 bits per heavy atom. The molecule has 4 heterocycles. The topological polar surface area (TPSA) is 145 Å². The number of aliphatic carboxylic acids is 1. The Hall–Kier alpha value is -5.15. The first-order valence-electron chi connectivity index (χ1n) is 14.6. The van der Waals surface area contributed by atoms with Crippen molar-refractivity contribution in [2.75, 3.05) is 5.32 Å². The van der Waals surface area contributed by atoms with Gasteiger partial charge in [-0.3, -0.25) is 19.1 Å². The molecule has 0 saturated heterocycles. The third kappa shape index (κ3) is 7.95. The van der Waals surface area contributed by atoms with Gasteiger partial charge in [-0.25, -0.2) is 18.9 Å². The van der Waals surface area contributed by atoms with Crippen LogP contribution < -0.4 is 10.9 Å². The molecule has 49 heavy (non-hydrogen) atoms. The van der Waals surface area contributed by atoms with Crippen molar-refractivity contribution in [3.05, 3.63) is 105 Å². The van der Waals surface area contributed by atoms with E-state index in [0.717, 1.165) is 11.1 Å². The molecule has 2 bridgehead atoms. The smallest absolute Gasteiger partial charge is 0.475 e. The number of anilines is 1. The summed E-state index contributed by atoms with van der Waals surface area (Å²) in [6.07, 6.45) is 1.30. The molecule has 0 aliphatic carbocycles. The molecule has 2 aromatic carbocycles. The quantitative estimate of drug-likeness (QED) is 0.190. The molecule has 0 saturated carbocycles. The largest absolute Gasteiger partial charge is 0.490 e. The van der Waals surface area contributed by atoms with E-state index in [4.69, 9.17) is 33.1 Å². The Kier molecular flexibility index (Phi) is 10.4. The van der Waals surface area contributed by atoms with E-state index in [1.165, 1.54) is 33.9 Å². The third-order valence-electron chi connectivity index (χ3n) is 7.63. The third-order valence-corrected chi connectivity index (χ3v) is 8.09. The number of nitrogens with one attached hydrogen (secondary N) is 1. The minimum Gasteiger partial charge on any atom is -0.475 e. The van der Waals surface area contributed by atoms with E-state index >= 15 is 4.39 Å². The SMILES string of the molecule is C[C@@H]1CCC[C@H](n2cnc(-c3c(-n4cc(Cl)nn4)ccc(Cl)c3F)cc2=O)c2cccc(c2)-c2ncccc2NC1=O.O=C(O)C(F)(F)F. The zero-order chi connectivity index (χ0) is 35.5. The summed E-state index contributed by atoms with van der Waals surface area (Å²) in [4.78, 5) is 44.5. The van der Waals surface area contributed by atoms with Gasteiger partial charge in [0.05, 0.1) is 51.9 Å². The maximum absolute atomic E-state index is 15.4. The molecule has 2 atom stereocenters. The Morgan fingerprint density at radius 3 is 2.47 bits per heavy atom. The molecule has 254 valence electrons. The molecule has 2 N–H and O–H groups in total. The van der Waals surface area contributed by atoms with Crippen LogP contribution >= 0.6 is 23.2 Å². The van der Waals surface area contributed by atoms with Crippen LogP contribution in [0, 0.1) is 11.7 Å². The lowest BCUT2D eigenvalue weighted by Gasteiger charge is -2.23. The van der Waals surface area contributed by atoms with E-state index in [1.54, 1.807) is 18.3 Å². The number of rotatable bonds is 3. The predicted molar refractivity (Wildman–Crippen MR) is 172 cm³/mol. The summed E-state index contributed by atoms with van der Waals surface area (Å²) < 4.78 is 50.0. The van der Waals surface area contributed by atoms with E-state index in [2.05, 4.69) is 25.6 Å². The Balaban J connectivity index is 0.000000606. The number of halogens is 6. The highest BCUT2D eigenvalue weighted by atomic mass is 35.5. The van der Waals surface area contributed by atoms with E-state index < -0.39 is 24.0 Å². The van der Waals surface area contributed by atoms with Crippen LogP contribution in [0.1, 0.15) is 37.8 Å². The van der Waals surface area contributed by atoms with Crippen molar-refractivity contribution >= 4 is 40.8 Å². The second-order valence-corrected chi connectivity index (χ2v) is 11.7. The fourth-order valence-corrected chi connectivity index (χ4v) is 5.50. The molecule has 6 rings (SSSR count). The number of pyridine rings is 1. The van der Waals surface area contributed by atoms with Crippen molar-refractivity contribution in [3.63, 3.8) is 0 Å². The lowest BCUT2D eigenvalue weighted by Crippen LogP contribution is -2.26. The summed E-state index contributed by atoms with van der Waals surface area (Å²) in [7, 11) is 0. The summed E-state index contributed by atoms with van der Waals surface area (Å²) in [5.74, 6) is -3.84. The monoisotopic (exact) mass is 717 g/mol. The summed E-state index contributed by atoms with van der Waals surface area (Å²) in [5, 5.41) is 17.8. The number of alkyl halides is 3. The first-order valence-corrected chi connectivity index (χ1v) is 15.3. The number of aromatic nitrogens is 6. The highest BCUT2D eigenvalue weighted by Crippen LogP contribution is 2.34. The number of carbonyl (C=O) groups is 2. The van der Waals surface area contributed by atoms with Crippen molar-refractivity contribution < 1.29 is 32.3 Å². The van der Waals surface area contributed by atoms with E-state index in [1.807, 2.05) is 37.3 Å². The Labute approximate surface area is 285 Å². The van der Waals surface area contributed by atoms with Gasteiger partial charge in [0.25, 0.3) is 5.56 Å². The highest BCUT2D eigenvalue weighted by Gasteiger charge is 2.38. The van der Waals surface area contributed by atoms with Gasteiger partial charge in [0.15, 0.2) is 11.0 Å². The number of hydrogen-bond donors (Lipinski definition) is 2. The zero-order valence-corrected chi connectivity index (χ0v) is 26.8. The van der Waals surface area contributed by atoms with Crippen molar-refractivity contribution in [1.29, 1.82) is 0 Å². The fourth-order valence-electron chi connectivity index (χ4n) is 5.22. The number of hydrogen-bond acceptors (Lipinski definition) is 7. The fraction of sp³-hybridized carbons (Fsp3) is 0.219. The molecule has 5 aromatic rings. The van der Waals surface area contributed by atoms with Crippen LogP contribution in [0.4, 0.5) is 23.2 Å². The molecule has 17 heteroatoms. The van der Waals surface area contributed by atoms with Crippen LogP contribution in [0.15, 0.2) is 78.1 Å². The molecule has 1 aliphatic heterocycles. The van der Waals surface area contributed by atoms with Gasteiger partial charge < -0.3 is 10.4 Å². The van der Waals surface area contributed by atoms with Gasteiger partial charge in [0, 0.05) is 23.7 Å². The van der Waals surface area contributed by atoms with Crippen LogP contribution in [0.2, 0.25) is 10.2 Å². The van der Waals surface area contributed by atoms with Gasteiger partial charge in [-0.2, -0.15) is 13.2 Å². The predicted octanol–water partition coefficient (Wildman–Crippen LogP) is 6.98. The number of nitrogens with zero attached hydrogens (tertiary/aromatic N) is 6. The number of benzene rings is 2. The second kappa shape index (κ2) is 14.5. The molecular weight excluding hydrogens is 693 g/mol. The number of carbonyl (C=O) groups excluding carboxylic acids is 1. The van der Waals surface area contributed by atoms with Gasteiger partial charge in [-0.05, 0) is 48.7 Å². The van der Waals surface area contributed by atoms with Gasteiger partial charge in [-0.1, -0.05) is 60.0 Å². The first-order chi connectivity index (χ1) is 23.2. The maximum Gasteiger partial charge on any atom is 0.490 e. The van der Waals surface area contributed by atoms with Crippen molar-refractivity contribution in [2.45, 2.75) is 38.4 Å². The molecule has 0 spiro atoms. The lowest BCUT2D eigenvalue weighted by atomic mass is 9.94. The van der Waals surface area contributed by atoms with Crippen LogP contribution in [0.25, 0.3) is 28.2 Å². The highest BCUT2D eigenvalue weighted by molar-refractivity contribution is 6.31. The van der Waals surface area contributed by atoms with E-state index in [-0.39, 0.29) is 44.5 Å².